The van der Waals surface area contributed by atoms with E-state index in [1.165, 1.54) is 5.56 Å². The summed E-state index contributed by atoms with van der Waals surface area (Å²) in [5, 5.41) is 0. The number of ether oxygens (including phenoxy) is 4. The first kappa shape index (κ1) is 20.5. The van der Waals surface area contributed by atoms with Crippen molar-refractivity contribution in [1.82, 2.24) is 4.90 Å². The van der Waals surface area contributed by atoms with Gasteiger partial charge in [-0.2, -0.15) is 0 Å². The fraction of sp³-hybridized carbons (Fsp3) is 0.192. The summed E-state index contributed by atoms with van der Waals surface area (Å²) in [7, 11) is 0. The summed E-state index contributed by atoms with van der Waals surface area (Å²) < 4.78 is 24.1. The fourth-order valence-corrected chi connectivity index (χ4v) is 4.93. The summed E-state index contributed by atoms with van der Waals surface area (Å²) in [4.78, 5) is 15.4. The van der Waals surface area contributed by atoms with E-state index in [0.29, 0.717) is 36.9 Å². The molecule has 0 atom stereocenters. The van der Waals surface area contributed by atoms with E-state index in [-0.39, 0.29) is 18.3 Å². The molecular formula is C26H20BrNO5. The molecule has 6 rings (SSSR count). The van der Waals surface area contributed by atoms with Crippen LogP contribution in [0.3, 0.4) is 0 Å². The number of hydrogen-bond acceptors (Lipinski definition) is 6. The smallest absolute Gasteiger partial charge is 0.231 e. The molecule has 0 unspecified atom stereocenters. The SMILES string of the molecule is O=C1/C(=C/c2cc(Br)cc3c2OCOC3)Oc2c1ccc1c2CN(Cc2ccccc2)CO1. The fourth-order valence-electron chi connectivity index (χ4n) is 4.40. The maximum Gasteiger partial charge on any atom is 0.231 e. The lowest BCUT2D eigenvalue weighted by molar-refractivity contribution is -0.0165. The number of halogens is 1. The predicted octanol–water partition coefficient (Wildman–Crippen LogP) is 5.28. The molecule has 3 aromatic rings. The number of carbonyl (C=O) groups excluding carboxylic acids is 1. The zero-order valence-electron chi connectivity index (χ0n) is 17.7. The molecule has 3 aliphatic rings. The Kier molecular flexibility index (Phi) is 5.17. The highest BCUT2D eigenvalue weighted by Gasteiger charge is 2.34. The predicted molar refractivity (Wildman–Crippen MR) is 125 cm³/mol. The Labute approximate surface area is 199 Å². The van der Waals surface area contributed by atoms with Gasteiger partial charge in [-0.3, -0.25) is 9.69 Å². The maximum absolute atomic E-state index is 13.2. The van der Waals surface area contributed by atoms with Crippen LogP contribution in [0.5, 0.6) is 17.2 Å². The van der Waals surface area contributed by atoms with Crippen LogP contribution in [0.15, 0.2) is 64.8 Å². The third-order valence-corrected chi connectivity index (χ3v) is 6.38. The molecule has 0 amide bonds. The summed E-state index contributed by atoms with van der Waals surface area (Å²) in [5.41, 5.74) is 4.35. The first-order valence-corrected chi connectivity index (χ1v) is 11.5. The summed E-state index contributed by atoms with van der Waals surface area (Å²) in [5.74, 6) is 2.17. The molecule has 0 saturated carbocycles. The van der Waals surface area contributed by atoms with Gasteiger partial charge in [-0.15, -0.1) is 0 Å². The molecular weight excluding hydrogens is 486 g/mol. The molecule has 7 heteroatoms. The number of nitrogens with zero attached hydrogens (tertiary/aromatic N) is 1. The highest BCUT2D eigenvalue weighted by atomic mass is 79.9. The van der Waals surface area contributed by atoms with Crippen molar-refractivity contribution in [3.05, 3.63) is 92.6 Å². The monoisotopic (exact) mass is 505 g/mol. The molecule has 0 bridgehead atoms. The molecule has 3 aromatic carbocycles. The van der Waals surface area contributed by atoms with Crippen molar-refractivity contribution in [3.8, 4) is 17.2 Å². The second-order valence-electron chi connectivity index (χ2n) is 8.20. The number of ketones is 1. The average molecular weight is 506 g/mol. The Morgan fingerprint density at radius 3 is 2.79 bits per heavy atom. The van der Waals surface area contributed by atoms with Gasteiger partial charge in [0.2, 0.25) is 5.78 Å². The quantitative estimate of drug-likeness (QED) is 0.451. The van der Waals surface area contributed by atoms with Gasteiger partial charge in [0.15, 0.2) is 12.6 Å². The molecule has 0 N–H and O–H groups in total. The van der Waals surface area contributed by atoms with Gasteiger partial charge < -0.3 is 18.9 Å². The van der Waals surface area contributed by atoms with Gasteiger partial charge in [0.1, 0.15) is 24.0 Å². The van der Waals surface area contributed by atoms with Crippen molar-refractivity contribution in [2.24, 2.45) is 0 Å². The van der Waals surface area contributed by atoms with Gasteiger partial charge in [-0.1, -0.05) is 46.3 Å². The Morgan fingerprint density at radius 2 is 1.91 bits per heavy atom. The van der Waals surface area contributed by atoms with Gasteiger partial charge in [0.05, 0.1) is 17.7 Å². The Hall–Kier alpha value is -3.13. The minimum atomic E-state index is -0.145. The van der Waals surface area contributed by atoms with E-state index in [0.717, 1.165) is 33.5 Å². The zero-order valence-corrected chi connectivity index (χ0v) is 19.3. The van der Waals surface area contributed by atoms with Crippen LogP contribution in [-0.2, 0) is 24.4 Å². The van der Waals surface area contributed by atoms with Crippen LogP contribution in [0.25, 0.3) is 6.08 Å². The highest BCUT2D eigenvalue weighted by Crippen LogP contribution is 2.43. The van der Waals surface area contributed by atoms with Crippen molar-refractivity contribution < 1.29 is 23.7 Å². The maximum atomic E-state index is 13.2. The average Bonchev–Trinajstić information content (AvgIpc) is 3.15. The van der Waals surface area contributed by atoms with E-state index < -0.39 is 0 Å². The molecule has 33 heavy (non-hydrogen) atoms. The summed E-state index contributed by atoms with van der Waals surface area (Å²) >= 11 is 3.53. The molecule has 0 radical (unpaired) electrons. The number of fused-ring (bicyclic) bond motifs is 4. The number of benzene rings is 3. The summed E-state index contributed by atoms with van der Waals surface area (Å²) in [6.07, 6.45) is 1.75. The lowest BCUT2D eigenvalue weighted by Gasteiger charge is -2.29. The number of carbonyl (C=O) groups is 1. The molecule has 0 aromatic heterocycles. The zero-order chi connectivity index (χ0) is 22.4. The normalized spacial score (nSPS) is 18.1. The van der Waals surface area contributed by atoms with Crippen molar-refractivity contribution in [3.63, 3.8) is 0 Å². The van der Waals surface area contributed by atoms with Gasteiger partial charge in [0.25, 0.3) is 0 Å². The first-order chi connectivity index (χ1) is 16.2. The standard InChI is InChI=1S/C26H20BrNO5/c27-19-8-17(25-18(9-19)13-30-15-32-25)10-23-24(29)20-6-7-22-21(26(20)33-23)12-28(14-31-22)11-16-4-2-1-3-5-16/h1-10H,11-15H2/b23-10-. The molecule has 0 fully saturated rings. The molecule has 3 aliphatic heterocycles. The van der Waals surface area contributed by atoms with E-state index >= 15 is 0 Å². The van der Waals surface area contributed by atoms with Crippen molar-refractivity contribution in [1.29, 1.82) is 0 Å². The van der Waals surface area contributed by atoms with Gasteiger partial charge in [-0.05, 0) is 35.9 Å². The number of Topliss-reactive ketones (excluding diaryl/α,β-unsaturated/α-hetero) is 1. The van der Waals surface area contributed by atoms with Gasteiger partial charge >= 0.3 is 0 Å². The minimum Gasteiger partial charge on any atom is -0.478 e. The molecule has 0 saturated heterocycles. The lowest BCUT2D eigenvalue weighted by atomic mass is 10.0. The van der Waals surface area contributed by atoms with Crippen LogP contribution in [-0.4, -0.2) is 24.2 Å². The first-order valence-electron chi connectivity index (χ1n) is 10.7. The van der Waals surface area contributed by atoms with Crippen LogP contribution in [0.4, 0.5) is 0 Å². The van der Waals surface area contributed by atoms with Crippen LogP contribution in [0.1, 0.15) is 32.6 Å². The van der Waals surface area contributed by atoms with Crippen molar-refractivity contribution in [2.45, 2.75) is 19.7 Å². The lowest BCUT2D eigenvalue weighted by Crippen LogP contribution is -2.31. The molecule has 0 aliphatic carbocycles. The van der Waals surface area contributed by atoms with Crippen LogP contribution in [0.2, 0.25) is 0 Å². The summed E-state index contributed by atoms with van der Waals surface area (Å²) in [6.45, 7) is 2.52. The number of hydrogen-bond donors (Lipinski definition) is 0. The second-order valence-corrected chi connectivity index (χ2v) is 9.11. The van der Waals surface area contributed by atoms with E-state index in [1.807, 2.05) is 36.4 Å². The Balaban J connectivity index is 1.32. The van der Waals surface area contributed by atoms with Gasteiger partial charge in [-0.25, -0.2) is 0 Å². The summed E-state index contributed by atoms with van der Waals surface area (Å²) in [6, 6.07) is 17.8. The van der Waals surface area contributed by atoms with Crippen LogP contribution < -0.4 is 14.2 Å². The van der Waals surface area contributed by atoms with Crippen LogP contribution >= 0.6 is 15.9 Å². The van der Waals surface area contributed by atoms with E-state index in [9.17, 15) is 4.79 Å². The van der Waals surface area contributed by atoms with Crippen LogP contribution in [0, 0.1) is 0 Å². The molecule has 6 nitrogen and oxygen atoms in total. The Bertz CT molecular complexity index is 1290. The third-order valence-electron chi connectivity index (χ3n) is 5.92. The van der Waals surface area contributed by atoms with Gasteiger partial charge in [0, 0.05) is 28.7 Å². The van der Waals surface area contributed by atoms with E-state index in [2.05, 4.69) is 33.0 Å². The molecule has 0 spiro atoms. The van der Waals surface area contributed by atoms with E-state index in [1.54, 1.807) is 12.1 Å². The second kappa shape index (κ2) is 8.33. The largest absolute Gasteiger partial charge is 0.478 e. The van der Waals surface area contributed by atoms with Crippen molar-refractivity contribution >= 4 is 27.8 Å². The molecule has 3 heterocycles. The molecule has 166 valence electrons. The Morgan fingerprint density at radius 1 is 1.03 bits per heavy atom. The number of rotatable bonds is 3. The topological polar surface area (TPSA) is 57.2 Å². The minimum absolute atomic E-state index is 0.145. The van der Waals surface area contributed by atoms with E-state index in [4.69, 9.17) is 18.9 Å². The number of allylic oxidation sites excluding steroid dienone is 1. The third kappa shape index (κ3) is 3.82. The highest BCUT2D eigenvalue weighted by molar-refractivity contribution is 9.10. The van der Waals surface area contributed by atoms with Crippen molar-refractivity contribution in [2.75, 3.05) is 13.5 Å².